The minimum Gasteiger partial charge on any atom is -0.330 e. The molecule has 1 aliphatic heterocycles. The highest BCUT2D eigenvalue weighted by Crippen LogP contribution is 2.40. The lowest BCUT2D eigenvalue weighted by atomic mass is 9.83. The van der Waals surface area contributed by atoms with E-state index in [0.29, 0.717) is 6.54 Å². The van der Waals surface area contributed by atoms with Gasteiger partial charge in [0.2, 0.25) is 5.91 Å². The van der Waals surface area contributed by atoms with Crippen LogP contribution in [-0.4, -0.2) is 10.8 Å². The van der Waals surface area contributed by atoms with Crippen LogP contribution in [-0.2, 0) is 11.3 Å². The fraction of sp³-hybridized carbons (Fsp3) is 0.235. The third kappa shape index (κ3) is 2.14. The topological polar surface area (TPSA) is 20.3 Å². The zero-order valence-electron chi connectivity index (χ0n) is 11.0. The quantitative estimate of drug-likeness (QED) is 0.766. The molecule has 2 aromatic carbocycles. The zero-order valence-corrected chi connectivity index (χ0v) is 11.0. The summed E-state index contributed by atoms with van der Waals surface area (Å²) in [6, 6.07) is 20.7. The van der Waals surface area contributed by atoms with Crippen molar-refractivity contribution in [2.75, 3.05) is 0 Å². The largest absolute Gasteiger partial charge is 0.330 e. The van der Waals surface area contributed by atoms with E-state index in [1.54, 1.807) is 0 Å². The molecule has 2 atom stereocenters. The average Bonchev–Trinajstić information content (AvgIpc) is 2.48. The number of carbonyl (C=O) groups excluding carboxylic acids is 1. The molecule has 3 rings (SSSR count). The van der Waals surface area contributed by atoms with Crippen molar-refractivity contribution in [3.05, 3.63) is 71.8 Å². The lowest BCUT2D eigenvalue weighted by Gasteiger charge is -2.46. The Morgan fingerprint density at radius 1 is 0.947 bits per heavy atom. The van der Waals surface area contributed by atoms with Gasteiger partial charge in [0.05, 0.1) is 12.0 Å². The van der Waals surface area contributed by atoms with Gasteiger partial charge in [0.25, 0.3) is 0 Å². The second-order valence-electron chi connectivity index (χ2n) is 5.10. The second kappa shape index (κ2) is 4.88. The van der Waals surface area contributed by atoms with Crippen LogP contribution in [0.2, 0.25) is 0 Å². The molecule has 19 heavy (non-hydrogen) atoms. The average molecular weight is 251 g/mol. The molecule has 0 aromatic heterocycles. The van der Waals surface area contributed by atoms with Crippen molar-refractivity contribution in [3.63, 3.8) is 0 Å². The molecule has 2 aromatic rings. The van der Waals surface area contributed by atoms with E-state index in [0.717, 1.165) is 0 Å². The van der Waals surface area contributed by atoms with E-state index in [9.17, 15) is 4.79 Å². The van der Waals surface area contributed by atoms with Gasteiger partial charge in [-0.15, -0.1) is 0 Å². The smallest absolute Gasteiger partial charge is 0.228 e. The Morgan fingerprint density at radius 2 is 1.53 bits per heavy atom. The standard InChI is InChI=1S/C17H17NO/c1-13-16(15-10-6-3-7-11-15)18(17(13)19)12-14-8-4-2-5-9-14/h2-11,13,16H,12H2,1H3/t13-,16+/m1/s1. The number of nitrogens with zero attached hydrogens (tertiary/aromatic N) is 1. The maximum Gasteiger partial charge on any atom is 0.228 e. The van der Waals surface area contributed by atoms with Gasteiger partial charge in [-0.1, -0.05) is 67.6 Å². The Hall–Kier alpha value is -2.09. The molecule has 0 spiro atoms. The summed E-state index contributed by atoms with van der Waals surface area (Å²) in [5.41, 5.74) is 2.41. The van der Waals surface area contributed by atoms with Crippen LogP contribution < -0.4 is 0 Å². The van der Waals surface area contributed by atoms with Gasteiger partial charge in [0, 0.05) is 6.54 Å². The predicted molar refractivity (Wildman–Crippen MR) is 75.3 cm³/mol. The fourth-order valence-corrected chi connectivity index (χ4v) is 2.80. The number of rotatable bonds is 3. The van der Waals surface area contributed by atoms with E-state index in [1.165, 1.54) is 11.1 Å². The van der Waals surface area contributed by atoms with E-state index in [4.69, 9.17) is 0 Å². The molecule has 0 radical (unpaired) electrons. The highest BCUT2D eigenvalue weighted by Gasteiger charge is 2.44. The van der Waals surface area contributed by atoms with E-state index in [1.807, 2.05) is 48.2 Å². The van der Waals surface area contributed by atoms with Crippen molar-refractivity contribution in [2.45, 2.75) is 19.5 Å². The number of likely N-dealkylation sites (tertiary alicyclic amines) is 1. The van der Waals surface area contributed by atoms with Crippen LogP contribution in [0.25, 0.3) is 0 Å². The number of benzene rings is 2. The molecule has 0 saturated carbocycles. The molecule has 1 amide bonds. The SMILES string of the molecule is C[C@H]1C(=O)N(Cc2ccccc2)[C@@H]1c1ccccc1. The molecule has 96 valence electrons. The van der Waals surface area contributed by atoms with Crippen molar-refractivity contribution in [1.29, 1.82) is 0 Å². The number of hydrogen-bond acceptors (Lipinski definition) is 1. The molecule has 2 nitrogen and oxygen atoms in total. The van der Waals surface area contributed by atoms with Crippen LogP contribution in [0, 0.1) is 5.92 Å². The monoisotopic (exact) mass is 251 g/mol. The molecule has 1 heterocycles. The normalized spacial score (nSPS) is 22.2. The predicted octanol–water partition coefficient (Wildman–Crippen LogP) is 3.41. The lowest BCUT2D eigenvalue weighted by molar-refractivity contribution is -0.156. The molecule has 2 heteroatoms. The third-order valence-electron chi connectivity index (χ3n) is 3.82. The maximum absolute atomic E-state index is 12.1. The summed E-state index contributed by atoms with van der Waals surface area (Å²) in [6.45, 7) is 2.71. The van der Waals surface area contributed by atoms with Gasteiger partial charge < -0.3 is 4.90 Å². The Balaban J connectivity index is 1.82. The van der Waals surface area contributed by atoms with Gasteiger partial charge in [-0.3, -0.25) is 4.79 Å². The van der Waals surface area contributed by atoms with Crippen LogP contribution in [0.5, 0.6) is 0 Å². The summed E-state index contributed by atoms with van der Waals surface area (Å²) in [4.78, 5) is 14.0. The summed E-state index contributed by atoms with van der Waals surface area (Å²) in [7, 11) is 0. The Labute approximate surface area is 113 Å². The van der Waals surface area contributed by atoms with Crippen LogP contribution in [0.4, 0.5) is 0 Å². The first-order chi connectivity index (χ1) is 9.27. The Morgan fingerprint density at radius 3 is 2.16 bits per heavy atom. The van der Waals surface area contributed by atoms with Crippen molar-refractivity contribution in [2.24, 2.45) is 5.92 Å². The van der Waals surface area contributed by atoms with Crippen LogP contribution in [0.3, 0.4) is 0 Å². The molecule has 0 N–H and O–H groups in total. The van der Waals surface area contributed by atoms with Gasteiger partial charge in [-0.05, 0) is 11.1 Å². The third-order valence-corrected chi connectivity index (χ3v) is 3.82. The number of β-lactam (4-membered cyclic amide) rings is 1. The van der Waals surface area contributed by atoms with Gasteiger partial charge >= 0.3 is 0 Å². The van der Waals surface area contributed by atoms with Gasteiger partial charge in [-0.25, -0.2) is 0 Å². The van der Waals surface area contributed by atoms with E-state index in [-0.39, 0.29) is 17.9 Å². The van der Waals surface area contributed by atoms with Crippen molar-refractivity contribution >= 4 is 5.91 Å². The molecular weight excluding hydrogens is 234 g/mol. The first-order valence-corrected chi connectivity index (χ1v) is 6.67. The van der Waals surface area contributed by atoms with E-state index < -0.39 is 0 Å². The molecule has 1 aliphatic rings. The van der Waals surface area contributed by atoms with Crippen LogP contribution in [0.15, 0.2) is 60.7 Å². The number of hydrogen-bond donors (Lipinski definition) is 0. The van der Waals surface area contributed by atoms with Crippen molar-refractivity contribution in [3.8, 4) is 0 Å². The molecule has 1 saturated heterocycles. The van der Waals surface area contributed by atoms with Gasteiger partial charge in [-0.2, -0.15) is 0 Å². The highest BCUT2D eigenvalue weighted by atomic mass is 16.2. The van der Waals surface area contributed by atoms with Gasteiger partial charge in [0.1, 0.15) is 0 Å². The fourth-order valence-electron chi connectivity index (χ4n) is 2.80. The van der Waals surface area contributed by atoms with Crippen molar-refractivity contribution < 1.29 is 4.79 Å². The molecule has 0 unspecified atom stereocenters. The molecule has 0 bridgehead atoms. The van der Waals surface area contributed by atoms with E-state index >= 15 is 0 Å². The summed E-state index contributed by atoms with van der Waals surface area (Å²) >= 11 is 0. The molecular formula is C17H17NO. The maximum atomic E-state index is 12.1. The van der Waals surface area contributed by atoms with Gasteiger partial charge in [0.15, 0.2) is 0 Å². The summed E-state index contributed by atoms with van der Waals surface area (Å²) in [5, 5.41) is 0. The summed E-state index contributed by atoms with van der Waals surface area (Å²) < 4.78 is 0. The lowest BCUT2D eigenvalue weighted by Crippen LogP contribution is -2.52. The molecule has 0 aliphatic carbocycles. The molecule has 1 fully saturated rings. The minimum atomic E-state index is 0.0890. The summed E-state index contributed by atoms with van der Waals surface area (Å²) in [6.07, 6.45) is 0. The zero-order chi connectivity index (χ0) is 13.2. The Kier molecular flexibility index (Phi) is 3.08. The number of carbonyl (C=O) groups is 1. The minimum absolute atomic E-state index is 0.0890. The highest BCUT2D eigenvalue weighted by molar-refractivity contribution is 5.86. The van der Waals surface area contributed by atoms with E-state index in [2.05, 4.69) is 24.3 Å². The Bertz CT molecular complexity index is 564. The van der Waals surface area contributed by atoms with Crippen LogP contribution in [0.1, 0.15) is 24.1 Å². The van der Waals surface area contributed by atoms with Crippen LogP contribution >= 0.6 is 0 Å². The summed E-state index contributed by atoms with van der Waals surface area (Å²) in [5.74, 6) is 0.337. The first-order valence-electron chi connectivity index (χ1n) is 6.67. The number of amides is 1. The second-order valence-corrected chi connectivity index (χ2v) is 5.10. The van der Waals surface area contributed by atoms with Crippen molar-refractivity contribution in [1.82, 2.24) is 4.90 Å². The first kappa shape index (κ1) is 12.0.